The summed E-state index contributed by atoms with van der Waals surface area (Å²) in [5.74, 6) is -0.374. The fourth-order valence-corrected chi connectivity index (χ4v) is 4.42. The number of para-hydroxylation sites is 1. The van der Waals surface area contributed by atoms with E-state index in [9.17, 15) is 9.59 Å². The topological polar surface area (TPSA) is 86.9 Å². The van der Waals surface area contributed by atoms with Gasteiger partial charge in [-0.2, -0.15) is 0 Å². The molecule has 1 atom stereocenters. The largest absolute Gasteiger partial charge is 0.358 e. The highest BCUT2D eigenvalue weighted by Crippen LogP contribution is 2.34. The van der Waals surface area contributed by atoms with E-state index < -0.39 is 6.04 Å². The molecule has 0 bridgehead atoms. The number of H-pyrrole nitrogens is 1. The Morgan fingerprint density at radius 1 is 1.10 bits per heavy atom. The maximum Gasteiger partial charge on any atom is 0.228 e. The number of nitrogens with zero attached hydrogens (tertiary/aromatic N) is 1. The molecule has 0 aliphatic heterocycles. The van der Waals surface area contributed by atoms with Crippen LogP contribution in [-0.4, -0.2) is 21.8 Å². The van der Waals surface area contributed by atoms with E-state index in [1.165, 1.54) is 18.3 Å². The molecular weight excluding hydrogens is 408 g/mol. The third-order valence-electron chi connectivity index (χ3n) is 5.15. The molecular formula is C24H24N4O2S. The lowest BCUT2D eigenvalue weighted by molar-refractivity contribution is -0.120. The molecule has 2 amide bonds. The van der Waals surface area contributed by atoms with Crippen molar-refractivity contribution in [1.82, 2.24) is 15.3 Å². The molecule has 4 aromatic rings. The minimum Gasteiger partial charge on any atom is -0.358 e. The highest BCUT2D eigenvalue weighted by molar-refractivity contribution is 7.14. The van der Waals surface area contributed by atoms with Gasteiger partial charge < -0.3 is 15.6 Å². The number of fused-ring (bicyclic) bond motifs is 1. The number of carbonyl (C=O) groups excluding carboxylic acids is 2. The van der Waals surface area contributed by atoms with Crippen molar-refractivity contribution in [3.8, 4) is 11.3 Å². The molecule has 0 spiro atoms. The van der Waals surface area contributed by atoms with E-state index in [-0.39, 0.29) is 18.2 Å². The van der Waals surface area contributed by atoms with Gasteiger partial charge in [0.1, 0.15) is 0 Å². The Kier molecular flexibility index (Phi) is 5.86. The maximum atomic E-state index is 12.7. The molecule has 2 heterocycles. The smallest absolute Gasteiger partial charge is 0.228 e. The van der Waals surface area contributed by atoms with Crippen molar-refractivity contribution in [2.45, 2.75) is 33.2 Å². The standard InChI is InChI=1S/C24H24N4O2S/c1-14-8-10-17(11-9-14)20(26-16(3)29)12-22(30)28-24-27-21(13-31-24)23-15(2)25-19-7-5-4-6-18(19)23/h4-11,13,20,25H,12H2,1-3H3,(H,26,29)(H,27,28,30)/t20-/m1/s1. The Morgan fingerprint density at radius 2 is 1.84 bits per heavy atom. The summed E-state index contributed by atoms with van der Waals surface area (Å²) in [6.07, 6.45) is 0.129. The Bertz CT molecular complexity index is 1240. The van der Waals surface area contributed by atoms with Crippen molar-refractivity contribution in [3.63, 3.8) is 0 Å². The molecule has 0 saturated heterocycles. The van der Waals surface area contributed by atoms with E-state index in [1.807, 2.05) is 61.7 Å². The number of nitrogens with one attached hydrogen (secondary N) is 3. The lowest BCUT2D eigenvalue weighted by Crippen LogP contribution is -2.29. The average molecular weight is 433 g/mol. The number of rotatable bonds is 6. The second-order valence-corrected chi connectivity index (χ2v) is 8.48. The van der Waals surface area contributed by atoms with Crippen molar-refractivity contribution in [1.29, 1.82) is 0 Å². The van der Waals surface area contributed by atoms with E-state index in [0.29, 0.717) is 5.13 Å². The van der Waals surface area contributed by atoms with Gasteiger partial charge >= 0.3 is 0 Å². The average Bonchev–Trinajstić information content (AvgIpc) is 3.30. The number of hydrogen-bond acceptors (Lipinski definition) is 4. The van der Waals surface area contributed by atoms with E-state index in [0.717, 1.165) is 39.0 Å². The van der Waals surface area contributed by atoms with Crippen molar-refractivity contribution in [2.75, 3.05) is 5.32 Å². The van der Waals surface area contributed by atoms with Crippen molar-refractivity contribution in [3.05, 3.63) is 70.7 Å². The van der Waals surface area contributed by atoms with Gasteiger partial charge in [-0.05, 0) is 25.5 Å². The molecule has 0 aliphatic carbocycles. The minimum absolute atomic E-state index is 0.129. The molecule has 31 heavy (non-hydrogen) atoms. The molecule has 2 aromatic heterocycles. The van der Waals surface area contributed by atoms with Gasteiger partial charge in [-0.3, -0.25) is 9.59 Å². The van der Waals surface area contributed by atoms with Crippen LogP contribution in [0.15, 0.2) is 53.9 Å². The summed E-state index contributed by atoms with van der Waals surface area (Å²) in [5, 5.41) is 9.34. The monoisotopic (exact) mass is 432 g/mol. The molecule has 3 N–H and O–H groups in total. The van der Waals surface area contributed by atoms with Crippen LogP contribution in [0.1, 0.15) is 36.2 Å². The third-order valence-corrected chi connectivity index (χ3v) is 5.90. The zero-order chi connectivity index (χ0) is 22.0. The third kappa shape index (κ3) is 4.67. The first kappa shape index (κ1) is 20.8. The van der Waals surface area contributed by atoms with E-state index in [1.54, 1.807) is 0 Å². The number of amides is 2. The van der Waals surface area contributed by atoms with E-state index in [2.05, 4.69) is 26.7 Å². The number of aromatic nitrogens is 2. The fourth-order valence-electron chi connectivity index (χ4n) is 3.70. The van der Waals surface area contributed by atoms with Crippen molar-refractivity contribution >= 4 is 39.2 Å². The molecule has 7 heteroatoms. The van der Waals surface area contributed by atoms with Gasteiger partial charge in [0, 0.05) is 34.5 Å². The number of anilines is 1. The van der Waals surface area contributed by atoms with Crippen LogP contribution in [0.2, 0.25) is 0 Å². The number of benzene rings is 2. The van der Waals surface area contributed by atoms with Crippen LogP contribution < -0.4 is 10.6 Å². The van der Waals surface area contributed by atoms with Gasteiger partial charge in [0.25, 0.3) is 0 Å². The second-order valence-electron chi connectivity index (χ2n) is 7.62. The second kappa shape index (κ2) is 8.73. The zero-order valence-electron chi connectivity index (χ0n) is 17.7. The summed E-state index contributed by atoms with van der Waals surface area (Å²) in [4.78, 5) is 32.4. The van der Waals surface area contributed by atoms with Gasteiger partial charge in [-0.25, -0.2) is 4.98 Å². The van der Waals surface area contributed by atoms with Gasteiger partial charge in [0.2, 0.25) is 11.8 Å². The Balaban J connectivity index is 1.51. The number of aryl methyl sites for hydroxylation is 2. The van der Waals surface area contributed by atoms with Crippen LogP contribution in [0.4, 0.5) is 5.13 Å². The first-order chi connectivity index (χ1) is 14.9. The van der Waals surface area contributed by atoms with Crippen LogP contribution in [0, 0.1) is 13.8 Å². The predicted molar refractivity (Wildman–Crippen MR) is 125 cm³/mol. The minimum atomic E-state index is -0.395. The summed E-state index contributed by atoms with van der Waals surface area (Å²) < 4.78 is 0. The summed E-state index contributed by atoms with van der Waals surface area (Å²) >= 11 is 1.39. The van der Waals surface area contributed by atoms with Crippen LogP contribution in [-0.2, 0) is 9.59 Å². The van der Waals surface area contributed by atoms with Crippen molar-refractivity contribution in [2.24, 2.45) is 0 Å². The molecule has 0 aliphatic rings. The van der Waals surface area contributed by atoms with Gasteiger partial charge in [0.15, 0.2) is 5.13 Å². The quantitative estimate of drug-likeness (QED) is 0.395. The fraction of sp³-hybridized carbons (Fsp3) is 0.208. The van der Waals surface area contributed by atoms with Crippen LogP contribution in [0.5, 0.6) is 0 Å². The van der Waals surface area contributed by atoms with Crippen LogP contribution >= 0.6 is 11.3 Å². The Hall–Kier alpha value is -3.45. The Labute approximate surface area is 184 Å². The van der Waals surface area contributed by atoms with E-state index in [4.69, 9.17) is 0 Å². The summed E-state index contributed by atoms with van der Waals surface area (Å²) in [7, 11) is 0. The maximum absolute atomic E-state index is 12.7. The highest BCUT2D eigenvalue weighted by Gasteiger charge is 2.19. The SMILES string of the molecule is CC(=O)N[C@H](CC(=O)Nc1nc(-c2c(C)[nH]c3ccccc23)cs1)c1ccc(C)cc1. The first-order valence-electron chi connectivity index (χ1n) is 10.1. The highest BCUT2D eigenvalue weighted by atomic mass is 32.1. The zero-order valence-corrected chi connectivity index (χ0v) is 18.5. The number of thiazole rings is 1. The molecule has 0 fully saturated rings. The van der Waals surface area contributed by atoms with E-state index >= 15 is 0 Å². The van der Waals surface area contributed by atoms with Gasteiger partial charge in [-0.15, -0.1) is 11.3 Å². The Morgan fingerprint density at radius 3 is 2.58 bits per heavy atom. The molecule has 2 aromatic carbocycles. The number of aromatic amines is 1. The molecule has 0 radical (unpaired) electrons. The summed E-state index contributed by atoms with van der Waals surface area (Å²) in [6, 6.07) is 15.5. The number of hydrogen-bond donors (Lipinski definition) is 3. The van der Waals surface area contributed by atoms with Crippen LogP contribution in [0.25, 0.3) is 22.2 Å². The first-order valence-corrected chi connectivity index (χ1v) is 11.0. The normalized spacial score (nSPS) is 12.0. The lowest BCUT2D eigenvalue weighted by Gasteiger charge is -2.18. The van der Waals surface area contributed by atoms with Crippen LogP contribution in [0.3, 0.4) is 0 Å². The van der Waals surface area contributed by atoms with Crippen molar-refractivity contribution < 1.29 is 9.59 Å². The predicted octanol–water partition coefficient (Wildman–Crippen LogP) is 5.11. The molecule has 6 nitrogen and oxygen atoms in total. The molecule has 0 saturated carbocycles. The molecule has 4 rings (SSSR count). The van der Waals surface area contributed by atoms with Gasteiger partial charge in [-0.1, -0.05) is 48.0 Å². The molecule has 0 unspecified atom stereocenters. The summed E-state index contributed by atoms with van der Waals surface area (Å²) in [5.41, 5.74) is 5.98. The molecule has 158 valence electrons. The number of carbonyl (C=O) groups is 2. The van der Waals surface area contributed by atoms with Gasteiger partial charge in [0.05, 0.1) is 18.2 Å². The lowest BCUT2D eigenvalue weighted by atomic mass is 10.0. The summed E-state index contributed by atoms with van der Waals surface area (Å²) in [6.45, 7) is 5.47.